The number of hydrogen-bond donors (Lipinski definition) is 0. The van der Waals surface area contributed by atoms with Crippen molar-refractivity contribution in [3.05, 3.63) is 35.4 Å². The van der Waals surface area contributed by atoms with Gasteiger partial charge >= 0.3 is 0 Å². The van der Waals surface area contributed by atoms with E-state index in [1.807, 2.05) is 33.8 Å². The average Bonchev–Trinajstić information content (AvgIpc) is 3.18. The van der Waals surface area contributed by atoms with E-state index in [9.17, 15) is 0 Å². The number of fused-ring (bicyclic) bond motifs is 3. The van der Waals surface area contributed by atoms with E-state index in [4.69, 9.17) is 28.4 Å². The first kappa shape index (κ1) is 17.1. The number of hydrogen-bond acceptors (Lipinski definition) is 6. The third-order valence-corrected chi connectivity index (χ3v) is 5.75. The van der Waals surface area contributed by atoms with Crippen molar-refractivity contribution in [3.63, 3.8) is 0 Å². The molecule has 4 aliphatic rings. The van der Waals surface area contributed by atoms with Crippen LogP contribution in [0.25, 0.3) is 0 Å². The molecule has 0 unspecified atom stereocenters. The fraction of sp³-hybridized carbons (Fsp3) is 0.700. The van der Waals surface area contributed by atoms with Crippen molar-refractivity contribution in [2.45, 2.75) is 82.5 Å². The molecule has 5 atom stereocenters. The third kappa shape index (κ3) is 2.55. The predicted molar refractivity (Wildman–Crippen MR) is 91.3 cm³/mol. The van der Waals surface area contributed by atoms with E-state index in [1.165, 1.54) is 11.1 Å². The van der Waals surface area contributed by atoms with E-state index < -0.39 is 23.5 Å². The lowest BCUT2D eigenvalue weighted by Crippen LogP contribution is -2.58. The van der Waals surface area contributed by atoms with E-state index in [-0.39, 0.29) is 18.3 Å². The highest BCUT2D eigenvalue weighted by atomic mass is 16.9. The Balaban J connectivity index is 1.52. The van der Waals surface area contributed by atoms with Gasteiger partial charge in [-0.15, -0.1) is 0 Å². The Morgan fingerprint density at radius 3 is 2.35 bits per heavy atom. The van der Waals surface area contributed by atoms with E-state index in [1.54, 1.807) is 0 Å². The van der Waals surface area contributed by atoms with Crippen molar-refractivity contribution < 1.29 is 28.4 Å². The minimum Gasteiger partial charge on any atom is -0.364 e. The van der Waals surface area contributed by atoms with Gasteiger partial charge in [-0.1, -0.05) is 24.3 Å². The van der Waals surface area contributed by atoms with Crippen LogP contribution in [0.4, 0.5) is 0 Å². The second kappa shape index (κ2) is 5.50. The molecule has 0 aromatic heterocycles. The molecule has 0 N–H and O–H groups in total. The average molecular weight is 362 g/mol. The van der Waals surface area contributed by atoms with Gasteiger partial charge < -0.3 is 28.4 Å². The first-order valence-electron chi connectivity index (χ1n) is 9.32. The lowest BCUT2D eigenvalue weighted by Gasteiger charge is -2.43. The van der Waals surface area contributed by atoms with E-state index in [2.05, 4.69) is 18.2 Å². The lowest BCUT2D eigenvalue weighted by atomic mass is 9.80. The standard InChI is InChI=1S/C20H26O6/c1-18(2)21-11-14(24-18)15-20(16-17(23-15)26-19(3,4)25-16)9-12-7-5-6-8-13(12)10-22-20/h5-8,14-17H,9-11H2,1-4H3/t14-,15-,16+,17-,20-/m1/s1. The van der Waals surface area contributed by atoms with Crippen molar-refractivity contribution in [1.82, 2.24) is 0 Å². The van der Waals surface area contributed by atoms with Gasteiger partial charge in [-0.2, -0.15) is 0 Å². The van der Waals surface area contributed by atoms with E-state index in [0.717, 1.165) is 0 Å². The smallest absolute Gasteiger partial charge is 0.190 e. The molecular weight excluding hydrogens is 336 g/mol. The largest absolute Gasteiger partial charge is 0.364 e. The van der Waals surface area contributed by atoms with Crippen LogP contribution >= 0.6 is 0 Å². The molecule has 1 aromatic rings. The molecule has 0 saturated carbocycles. The van der Waals surface area contributed by atoms with Gasteiger partial charge in [-0.3, -0.25) is 0 Å². The molecule has 5 rings (SSSR count). The summed E-state index contributed by atoms with van der Waals surface area (Å²) >= 11 is 0. The molecule has 0 amide bonds. The van der Waals surface area contributed by atoms with Gasteiger partial charge in [0.15, 0.2) is 17.9 Å². The molecule has 6 nitrogen and oxygen atoms in total. The van der Waals surface area contributed by atoms with Crippen LogP contribution in [0, 0.1) is 0 Å². The summed E-state index contributed by atoms with van der Waals surface area (Å²) in [7, 11) is 0. The van der Waals surface area contributed by atoms with E-state index >= 15 is 0 Å². The van der Waals surface area contributed by atoms with Crippen molar-refractivity contribution in [2.24, 2.45) is 0 Å². The topological polar surface area (TPSA) is 55.4 Å². The highest BCUT2D eigenvalue weighted by Crippen LogP contribution is 2.51. The van der Waals surface area contributed by atoms with Crippen LogP contribution in [0.15, 0.2) is 24.3 Å². The maximum Gasteiger partial charge on any atom is 0.190 e. The molecule has 26 heavy (non-hydrogen) atoms. The molecule has 3 saturated heterocycles. The number of benzene rings is 1. The van der Waals surface area contributed by atoms with Gasteiger partial charge in [0.05, 0.1) is 13.2 Å². The van der Waals surface area contributed by atoms with Gasteiger partial charge in [0.2, 0.25) is 0 Å². The van der Waals surface area contributed by atoms with Crippen molar-refractivity contribution in [3.8, 4) is 0 Å². The summed E-state index contributed by atoms with van der Waals surface area (Å²) in [6, 6.07) is 8.37. The summed E-state index contributed by atoms with van der Waals surface area (Å²) in [6.07, 6.45) is -0.606. The summed E-state index contributed by atoms with van der Waals surface area (Å²) < 4.78 is 37.0. The molecular formula is C20H26O6. The van der Waals surface area contributed by atoms with Crippen LogP contribution in [0.2, 0.25) is 0 Å². The zero-order chi connectivity index (χ0) is 18.2. The van der Waals surface area contributed by atoms with Crippen molar-refractivity contribution in [1.29, 1.82) is 0 Å². The molecule has 4 heterocycles. The summed E-state index contributed by atoms with van der Waals surface area (Å²) in [5, 5.41) is 0. The highest BCUT2D eigenvalue weighted by Gasteiger charge is 2.68. The molecule has 0 bridgehead atoms. The van der Waals surface area contributed by atoms with Crippen LogP contribution in [0.1, 0.15) is 38.8 Å². The normalized spacial score (nSPS) is 42.8. The van der Waals surface area contributed by atoms with Crippen LogP contribution in [-0.4, -0.2) is 48.4 Å². The molecule has 3 fully saturated rings. The Labute approximate surface area is 153 Å². The SMILES string of the molecule is CC1(C)OC[C@H]([C@H]2O[C@@H]3OC(C)(C)O[C@@H]3[C@@]23Cc2ccccc2CO3)O1. The fourth-order valence-corrected chi connectivity index (χ4v) is 4.65. The third-order valence-electron chi connectivity index (χ3n) is 5.75. The van der Waals surface area contributed by atoms with Gasteiger partial charge in [0, 0.05) is 6.42 Å². The van der Waals surface area contributed by atoms with Crippen molar-refractivity contribution >= 4 is 0 Å². The zero-order valence-corrected chi connectivity index (χ0v) is 15.7. The van der Waals surface area contributed by atoms with Crippen LogP contribution in [-0.2, 0) is 41.4 Å². The van der Waals surface area contributed by atoms with Gasteiger partial charge in [-0.25, -0.2) is 0 Å². The zero-order valence-electron chi connectivity index (χ0n) is 15.7. The maximum atomic E-state index is 6.49. The fourth-order valence-electron chi connectivity index (χ4n) is 4.65. The Kier molecular flexibility index (Phi) is 3.62. The summed E-state index contributed by atoms with van der Waals surface area (Å²) in [5.74, 6) is -1.32. The Bertz CT molecular complexity index is 716. The quantitative estimate of drug-likeness (QED) is 0.765. The Morgan fingerprint density at radius 1 is 0.846 bits per heavy atom. The lowest BCUT2D eigenvalue weighted by molar-refractivity contribution is -0.259. The number of ether oxygens (including phenoxy) is 6. The van der Waals surface area contributed by atoms with Crippen molar-refractivity contribution in [2.75, 3.05) is 6.61 Å². The molecule has 0 aliphatic carbocycles. The summed E-state index contributed by atoms with van der Waals surface area (Å²) in [5.41, 5.74) is 1.82. The Hall–Kier alpha value is -1.02. The second-order valence-electron chi connectivity index (χ2n) is 8.54. The summed E-state index contributed by atoms with van der Waals surface area (Å²) in [4.78, 5) is 0. The highest BCUT2D eigenvalue weighted by molar-refractivity contribution is 5.32. The molecule has 0 radical (unpaired) electrons. The van der Waals surface area contributed by atoms with Gasteiger partial charge in [0.25, 0.3) is 0 Å². The molecule has 4 aliphatic heterocycles. The summed E-state index contributed by atoms with van der Waals surface area (Å²) in [6.45, 7) is 8.65. The van der Waals surface area contributed by atoms with Gasteiger partial charge in [-0.05, 0) is 38.8 Å². The Morgan fingerprint density at radius 2 is 1.62 bits per heavy atom. The van der Waals surface area contributed by atoms with Gasteiger partial charge in [0.1, 0.15) is 23.9 Å². The molecule has 6 heteroatoms. The first-order chi connectivity index (χ1) is 12.3. The first-order valence-corrected chi connectivity index (χ1v) is 9.32. The maximum absolute atomic E-state index is 6.49. The minimum atomic E-state index is -0.695. The van der Waals surface area contributed by atoms with Crippen LogP contribution < -0.4 is 0 Å². The monoisotopic (exact) mass is 362 g/mol. The molecule has 1 spiro atoms. The molecule has 142 valence electrons. The minimum absolute atomic E-state index is 0.226. The van der Waals surface area contributed by atoms with E-state index in [0.29, 0.717) is 19.6 Å². The van der Waals surface area contributed by atoms with Crippen LogP contribution in [0.5, 0.6) is 0 Å². The second-order valence-corrected chi connectivity index (χ2v) is 8.54. The van der Waals surface area contributed by atoms with Crippen LogP contribution in [0.3, 0.4) is 0 Å². The molecule has 1 aromatic carbocycles. The number of rotatable bonds is 1. The predicted octanol–water partition coefficient (Wildman–Crippen LogP) is 2.53.